The molecule has 5 heterocycles. The van der Waals surface area contributed by atoms with Crippen LogP contribution in [0.15, 0.2) is 246 Å². The summed E-state index contributed by atoms with van der Waals surface area (Å²) in [5.74, 6) is -0.499. The van der Waals surface area contributed by atoms with E-state index in [-0.39, 0.29) is 30.3 Å². The number of thioether (sulfide) groups is 1. The SMILES string of the molecule is COc1ccc(COC(=O)C2=C(C[n+]3c(C)cc(N)n4nccc43)CS[C@H]3[C@H](NC(=O)C(=NOC(c4ccccc4)(c4ccccc4)c4ccccc4)c4csc(NC(c5ccccc5)(c5ccccc5)c5ccccc5)n4)C(=O)N23)cc1. The van der Waals surface area contributed by atoms with E-state index in [1.165, 1.54) is 28.0 Å². The summed E-state index contributed by atoms with van der Waals surface area (Å²) in [5, 5.41) is 17.7. The normalized spacial score (nSPS) is 15.3. The van der Waals surface area contributed by atoms with E-state index in [0.29, 0.717) is 33.7 Å². The third-order valence-electron chi connectivity index (χ3n) is 15.0. The number of nitrogens with one attached hydrogen (secondary N) is 2. The van der Waals surface area contributed by atoms with E-state index in [9.17, 15) is 9.59 Å². The number of fused-ring (bicyclic) bond motifs is 2. The molecule has 7 aromatic carbocycles. The zero-order valence-corrected chi connectivity index (χ0v) is 46.9. The molecule has 83 heavy (non-hydrogen) atoms. The number of nitrogens with two attached hydrogens (primary N) is 1. The number of benzene rings is 7. The summed E-state index contributed by atoms with van der Waals surface area (Å²) in [5.41, 5.74) is 12.1. The summed E-state index contributed by atoms with van der Waals surface area (Å²) in [4.78, 5) is 58.8. The van der Waals surface area contributed by atoms with Gasteiger partial charge < -0.3 is 30.7 Å². The number of thiazole rings is 1. The molecule has 2 atom stereocenters. The van der Waals surface area contributed by atoms with Crippen LogP contribution < -0.4 is 25.7 Å². The Kier molecular flexibility index (Phi) is 15.1. The average Bonchev–Trinajstić information content (AvgIpc) is 4.15. The number of rotatable bonds is 19. The molecule has 0 radical (unpaired) electrons. The van der Waals surface area contributed by atoms with Crippen LogP contribution in [0.1, 0.15) is 50.3 Å². The third-order valence-corrected chi connectivity index (χ3v) is 17.1. The van der Waals surface area contributed by atoms with Crippen molar-refractivity contribution < 1.29 is 33.3 Å². The highest BCUT2D eigenvalue weighted by Crippen LogP contribution is 2.44. The van der Waals surface area contributed by atoms with Crippen LogP contribution in [0.4, 0.5) is 10.9 Å². The third kappa shape index (κ3) is 10.2. The molecule has 17 heteroatoms. The molecular formula is C66H56N9O6S2+. The first-order chi connectivity index (χ1) is 40.7. The molecule has 2 aliphatic rings. The van der Waals surface area contributed by atoms with Gasteiger partial charge in [-0.1, -0.05) is 209 Å². The van der Waals surface area contributed by atoms with Crippen LogP contribution in [0.3, 0.4) is 0 Å². The summed E-state index contributed by atoms with van der Waals surface area (Å²) in [6, 6.07) is 69.4. The maximum Gasteiger partial charge on any atom is 0.355 e. The molecule has 1 saturated heterocycles. The van der Waals surface area contributed by atoms with Crippen molar-refractivity contribution in [3.05, 3.63) is 292 Å². The number of hydrogen-bond donors (Lipinski definition) is 3. The number of β-lactam (4-membered cyclic amide) rings is 1. The highest BCUT2D eigenvalue weighted by molar-refractivity contribution is 8.00. The second-order valence-electron chi connectivity index (χ2n) is 20.0. The number of anilines is 2. The van der Waals surface area contributed by atoms with E-state index < -0.39 is 40.3 Å². The Hall–Kier alpha value is -9.84. The Morgan fingerprint density at radius 1 is 0.735 bits per heavy atom. The number of ether oxygens (including phenoxy) is 2. The molecule has 2 aliphatic heterocycles. The molecule has 4 N–H and O–H groups in total. The molecule has 412 valence electrons. The van der Waals surface area contributed by atoms with Crippen molar-refractivity contribution in [2.24, 2.45) is 5.16 Å². The lowest BCUT2D eigenvalue weighted by molar-refractivity contribution is -0.672. The summed E-state index contributed by atoms with van der Waals surface area (Å²) < 4.78 is 15.0. The average molecular weight is 1140 g/mol. The topological polar surface area (TPSA) is 179 Å². The van der Waals surface area contributed by atoms with Gasteiger partial charge in [-0.25, -0.2) is 14.3 Å². The highest BCUT2D eigenvalue weighted by Gasteiger charge is 2.55. The number of hydrogen-bond acceptors (Lipinski definition) is 13. The van der Waals surface area contributed by atoms with Crippen molar-refractivity contribution in [1.29, 1.82) is 0 Å². The molecule has 10 aromatic rings. The Morgan fingerprint density at radius 3 is 1.80 bits per heavy atom. The van der Waals surface area contributed by atoms with Crippen LogP contribution in [0.25, 0.3) is 5.65 Å². The van der Waals surface area contributed by atoms with Crippen LogP contribution in [0.5, 0.6) is 5.75 Å². The second-order valence-corrected chi connectivity index (χ2v) is 21.9. The molecule has 1 fully saturated rings. The zero-order chi connectivity index (χ0) is 56.9. The Labute approximate surface area is 487 Å². The van der Waals surface area contributed by atoms with Gasteiger partial charge in [0.25, 0.3) is 11.8 Å². The number of aromatic nitrogens is 4. The minimum Gasteiger partial charge on any atom is -0.497 e. The summed E-state index contributed by atoms with van der Waals surface area (Å²) >= 11 is 2.73. The van der Waals surface area contributed by atoms with Gasteiger partial charge in [0.1, 0.15) is 52.9 Å². The largest absolute Gasteiger partial charge is 0.497 e. The van der Waals surface area contributed by atoms with E-state index in [0.717, 1.165) is 44.6 Å². The number of aryl methyl sites for hydroxylation is 1. The van der Waals surface area contributed by atoms with E-state index in [4.69, 9.17) is 30.2 Å². The van der Waals surface area contributed by atoms with Gasteiger partial charge >= 0.3 is 11.6 Å². The minimum atomic E-state index is -1.39. The molecule has 0 spiro atoms. The first kappa shape index (κ1) is 53.8. The van der Waals surface area contributed by atoms with Crippen molar-refractivity contribution in [2.45, 2.75) is 42.6 Å². The zero-order valence-electron chi connectivity index (χ0n) is 45.2. The van der Waals surface area contributed by atoms with Crippen LogP contribution >= 0.6 is 23.1 Å². The van der Waals surface area contributed by atoms with Gasteiger partial charge in [0, 0.05) is 39.5 Å². The van der Waals surface area contributed by atoms with E-state index in [1.807, 2.05) is 175 Å². The molecular weight excluding hydrogens is 1080 g/mol. The Bertz CT molecular complexity index is 3820. The first-order valence-electron chi connectivity index (χ1n) is 26.9. The Balaban J connectivity index is 0.936. The van der Waals surface area contributed by atoms with Gasteiger partial charge in [0.05, 0.1) is 19.4 Å². The van der Waals surface area contributed by atoms with Crippen LogP contribution in [0.2, 0.25) is 0 Å². The molecule has 0 unspecified atom stereocenters. The monoisotopic (exact) mass is 1130 g/mol. The maximum atomic E-state index is 15.6. The van der Waals surface area contributed by atoms with Crippen molar-refractivity contribution in [2.75, 3.05) is 23.9 Å². The number of carbonyl (C=O) groups excluding carboxylic acids is 3. The summed E-state index contributed by atoms with van der Waals surface area (Å²) in [6.45, 7) is 2.07. The van der Waals surface area contributed by atoms with E-state index >= 15 is 4.79 Å². The summed E-state index contributed by atoms with van der Waals surface area (Å²) in [6.07, 6.45) is 1.65. The van der Waals surface area contributed by atoms with Gasteiger partial charge in [0.2, 0.25) is 11.4 Å². The van der Waals surface area contributed by atoms with Gasteiger partial charge in [0.15, 0.2) is 10.8 Å². The van der Waals surface area contributed by atoms with Crippen LogP contribution in [-0.2, 0) is 48.2 Å². The highest BCUT2D eigenvalue weighted by atomic mass is 32.2. The lowest BCUT2D eigenvalue weighted by Gasteiger charge is -2.49. The predicted octanol–water partition coefficient (Wildman–Crippen LogP) is 10.2. The lowest BCUT2D eigenvalue weighted by Crippen LogP contribution is -2.71. The van der Waals surface area contributed by atoms with Crippen LogP contribution in [0, 0.1) is 6.92 Å². The molecule has 0 aliphatic carbocycles. The number of carbonyl (C=O) groups is 3. The number of amides is 2. The summed E-state index contributed by atoms with van der Waals surface area (Å²) in [7, 11) is 1.58. The van der Waals surface area contributed by atoms with Gasteiger partial charge in [-0.05, 0) is 41.3 Å². The predicted molar refractivity (Wildman–Crippen MR) is 321 cm³/mol. The number of oxime groups is 1. The fourth-order valence-electron chi connectivity index (χ4n) is 10.9. The smallest absolute Gasteiger partial charge is 0.355 e. The molecule has 2 amide bonds. The van der Waals surface area contributed by atoms with E-state index in [2.05, 4.69) is 52.1 Å². The van der Waals surface area contributed by atoms with Gasteiger partial charge in [-0.15, -0.1) is 23.1 Å². The molecule has 15 nitrogen and oxygen atoms in total. The van der Waals surface area contributed by atoms with Crippen molar-refractivity contribution in [3.63, 3.8) is 0 Å². The molecule has 12 rings (SSSR count). The fraction of sp³-hybridized carbons (Fsp3) is 0.136. The fourth-order valence-corrected chi connectivity index (χ4v) is 13.0. The Morgan fingerprint density at radius 2 is 1.27 bits per heavy atom. The first-order valence-corrected chi connectivity index (χ1v) is 28.8. The van der Waals surface area contributed by atoms with Gasteiger partial charge in [-0.2, -0.15) is 0 Å². The molecule has 0 bridgehead atoms. The lowest BCUT2D eigenvalue weighted by atomic mass is 9.77. The number of nitrogens with zero attached hydrogens (tertiary/aromatic N) is 6. The standard InChI is InChI=1S/C66H55N9O6S2/c1-44-39-55(67)75-56(37-38-68-75)73(44)40-46-42-82-62-58(61(77)74(62)59(46)63(78)80-41-45-33-35-53(79-2)36-34-45)70-60(76)57(72-81-66(50-27-15-6-16-28-50,51-29-17-7-18-30-51)52-31-19-8-20-32-52)54-43-83-64(69-54)71-65(47-21-9-3-10-22-47,48-23-11-4-12-24-48)49-25-13-5-14-26-49/h3-39,43,58,62,67H,40-42H2,1-2H3,(H2,69,70,71,76)/p+1/t58-,62+/m1/s1. The minimum absolute atomic E-state index is 0.0650. The van der Waals surface area contributed by atoms with Crippen molar-refractivity contribution in [3.8, 4) is 5.75 Å². The van der Waals surface area contributed by atoms with Crippen LogP contribution in [-0.4, -0.2) is 67.3 Å². The number of methoxy groups -OCH3 is 1. The van der Waals surface area contributed by atoms with E-state index in [1.54, 1.807) is 41.4 Å². The maximum absolute atomic E-state index is 15.6. The number of nitrogen functional groups attached to an aromatic ring is 1. The quantitative estimate of drug-likeness (QED) is 0.0175. The van der Waals surface area contributed by atoms with Gasteiger partial charge in [-0.3, -0.25) is 14.5 Å². The van der Waals surface area contributed by atoms with Crippen molar-refractivity contribution >= 4 is 63.2 Å². The molecule has 3 aromatic heterocycles. The number of esters is 1. The second kappa shape index (κ2) is 23.3. The molecule has 0 saturated carbocycles. The van der Waals surface area contributed by atoms with Crippen molar-refractivity contribution in [1.82, 2.24) is 24.8 Å².